The molecule has 8 heteroatoms. The van der Waals surface area contributed by atoms with Crippen LogP contribution < -0.4 is 11.1 Å². The largest absolute Gasteiger partial charge is 0.327 e. The molecule has 3 aromatic rings. The van der Waals surface area contributed by atoms with Gasteiger partial charge in [0.1, 0.15) is 11.5 Å². The van der Waals surface area contributed by atoms with E-state index in [9.17, 15) is 14.4 Å². The van der Waals surface area contributed by atoms with Crippen LogP contribution in [0.1, 0.15) is 35.2 Å². The molecule has 0 N–H and O–H groups in total. The molecule has 138 valence electrons. The zero-order valence-electron chi connectivity index (χ0n) is 15.1. The topological polar surface area (TPSA) is 90.1 Å². The molecular weight excluding hydrogens is 346 g/mol. The van der Waals surface area contributed by atoms with Gasteiger partial charge in [-0.2, -0.15) is 5.10 Å². The molecule has 1 aliphatic rings. The number of para-hydroxylation sites is 1. The van der Waals surface area contributed by atoms with Crippen LogP contribution in [-0.2, 0) is 14.1 Å². The van der Waals surface area contributed by atoms with Crippen LogP contribution in [0.25, 0.3) is 10.9 Å². The van der Waals surface area contributed by atoms with Crippen molar-refractivity contribution in [2.45, 2.75) is 18.9 Å². The zero-order valence-corrected chi connectivity index (χ0v) is 15.1. The first-order valence-electron chi connectivity index (χ1n) is 8.78. The van der Waals surface area contributed by atoms with E-state index in [1.807, 2.05) is 12.1 Å². The van der Waals surface area contributed by atoms with E-state index in [1.54, 1.807) is 24.1 Å². The predicted molar refractivity (Wildman–Crippen MR) is 99.5 cm³/mol. The van der Waals surface area contributed by atoms with Crippen molar-refractivity contribution in [3.8, 4) is 0 Å². The molecule has 1 atom stereocenters. The summed E-state index contributed by atoms with van der Waals surface area (Å²) in [6.07, 6.45) is 1.53. The van der Waals surface area contributed by atoms with E-state index in [0.29, 0.717) is 23.3 Å². The molecule has 2 aromatic heterocycles. The number of hydrogen-bond acceptors (Lipinski definition) is 5. The maximum absolute atomic E-state index is 13.0. The summed E-state index contributed by atoms with van der Waals surface area (Å²) in [7, 11) is 3.19. The van der Waals surface area contributed by atoms with Gasteiger partial charge in [0.15, 0.2) is 0 Å². The Hall–Kier alpha value is -3.29. The van der Waals surface area contributed by atoms with E-state index < -0.39 is 0 Å². The van der Waals surface area contributed by atoms with E-state index in [0.717, 1.165) is 17.5 Å². The molecule has 1 amide bonds. The summed E-state index contributed by atoms with van der Waals surface area (Å²) in [4.78, 5) is 43.6. The smallest absolute Gasteiger partial charge is 0.274 e. The lowest BCUT2D eigenvalue weighted by Gasteiger charge is -2.25. The highest BCUT2D eigenvalue weighted by Gasteiger charge is 2.34. The molecule has 0 bridgehead atoms. The van der Waals surface area contributed by atoms with Gasteiger partial charge in [-0.25, -0.2) is 9.67 Å². The molecule has 0 aliphatic carbocycles. The lowest BCUT2D eigenvalue weighted by atomic mass is 10.1. The lowest BCUT2D eigenvalue weighted by Crippen LogP contribution is -2.36. The minimum Gasteiger partial charge on any atom is -0.327 e. The summed E-state index contributed by atoms with van der Waals surface area (Å²) in [6, 6.07) is 9.66. The van der Waals surface area contributed by atoms with Gasteiger partial charge in [-0.3, -0.25) is 19.0 Å². The number of amides is 1. The van der Waals surface area contributed by atoms with Crippen molar-refractivity contribution in [2.75, 3.05) is 6.54 Å². The van der Waals surface area contributed by atoms with Crippen LogP contribution in [0.4, 0.5) is 0 Å². The van der Waals surface area contributed by atoms with Crippen molar-refractivity contribution >= 4 is 16.8 Å². The number of hydrogen-bond donors (Lipinski definition) is 0. The highest BCUT2D eigenvalue weighted by Crippen LogP contribution is 2.31. The maximum Gasteiger partial charge on any atom is 0.274 e. The zero-order chi connectivity index (χ0) is 19.1. The molecule has 0 saturated carbocycles. The second-order valence-electron chi connectivity index (χ2n) is 6.69. The normalized spacial score (nSPS) is 16.8. The quantitative estimate of drug-likeness (QED) is 0.676. The van der Waals surface area contributed by atoms with Crippen LogP contribution in [-0.4, -0.2) is 36.7 Å². The van der Waals surface area contributed by atoms with Crippen molar-refractivity contribution < 1.29 is 4.79 Å². The molecule has 0 spiro atoms. The number of rotatable bonds is 2. The van der Waals surface area contributed by atoms with Crippen LogP contribution in [0, 0.1) is 0 Å². The summed E-state index contributed by atoms with van der Waals surface area (Å²) >= 11 is 0. The molecule has 3 heterocycles. The monoisotopic (exact) mass is 365 g/mol. The summed E-state index contributed by atoms with van der Waals surface area (Å²) in [6.45, 7) is 0.552. The number of nitrogens with zero attached hydrogens (tertiary/aromatic N) is 5. The Balaban J connectivity index is 1.77. The molecule has 1 aliphatic heterocycles. The molecule has 8 nitrogen and oxygen atoms in total. The first-order chi connectivity index (χ1) is 13.0. The molecular formula is C19H19N5O3. The van der Waals surface area contributed by atoms with Crippen LogP contribution in [0.3, 0.4) is 0 Å². The van der Waals surface area contributed by atoms with Gasteiger partial charge >= 0.3 is 0 Å². The fourth-order valence-electron chi connectivity index (χ4n) is 3.57. The molecule has 1 aromatic carbocycles. The van der Waals surface area contributed by atoms with Crippen molar-refractivity contribution in [3.05, 3.63) is 68.6 Å². The summed E-state index contributed by atoms with van der Waals surface area (Å²) in [5.74, 6) is 0.296. The minimum absolute atomic E-state index is 0.130. The summed E-state index contributed by atoms with van der Waals surface area (Å²) in [5.41, 5.74) is 0.420. The van der Waals surface area contributed by atoms with Crippen molar-refractivity contribution in [1.82, 2.24) is 24.2 Å². The Morgan fingerprint density at radius 3 is 2.67 bits per heavy atom. The Morgan fingerprint density at radius 2 is 1.89 bits per heavy atom. The number of fused-ring (bicyclic) bond motifs is 1. The first-order valence-corrected chi connectivity index (χ1v) is 8.78. The second kappa shape index (κ2) is 6.46. The average molecular weight is 365 g/mol. The first kappa shape index (κ1) is 17.1. The lowest BCUT2D eigenvalue weighted by molar-refractivity contribution is 0.0718. The second-order valence-corrected chi connectivity index (χ2v) is 6.69. The van der Waals surface area contributed by atoms with Crippen LogP contribution in [0.15, 0.2) is 46.0 Å². The molecule has 1 saturated heterocycles. The summed E-state index contributed by atoms with van der Waals surface area (Å²) < 4.78 is 2.66. The number of aromatic nitrogens is 4. The average Bonchev–Trinajstić information content (AvgIpc) is 3.16. The van der Waals surface area contributed by atoms with Gasteiger partial charge in [0.2, 0.25) is 0 Å². The number of carbonyl (C=O) groups excluding carboxylic acids is 1. The SMILES string of the molecule is Cn1nc(C(=O)N2CCCC2c2nc3ccccc3c(=O)n2C)ccc1=O. The number of benzene rings is 1. The van der Waals surface area contributed by atoms with Gasteiger partial charge in [0.05, 0.1) is 16.9 Å². The number of carbonyl (C=O) groups is 1. The summed E-state index contributed by atoms with van der Waals surface area (Å²) in [5, 5.41) is 4.61. The Bertz CT molecular complexity index is 1160. The number of aryl methyl sites for hydroxylation is 1. The third-order valence-electron chi connectivity index (χ3n) is 5.01. The van der Waals surface area contributed by atoms with E-state index in [1.165, 1.54) is 23.7 Å². The van der Waals surface area contributed by atoms with Crippen LogP contribution in [0.5, 0.6) is 0 Å². The predicted octanol–water partition coefficient (Wildman–Crippen LogP) is 1.00. The van der Waals surface area contributed by atoms with E-state index >= 15 is 0 Å². The highest BCUT2D eigenvalue weighted by atomic mass is 16.2. The fourth-order valence-corrected chi connectivity index (χ4v) is 3.57. The van der Waals surface area contributed by atoms with Crippen molar-refractivity contribution in [2.24, 2.45) is 14.1 Å². The van der Waals surface area contributed by atoms with E-state index in [4.69, 9.17) is 0 Å². The Labute approximate surface area is 154 Å². The van der Waals surface area contributed by atoms with E-state index in [2.05, 4.69) is 10.1 Å². The van der Waals surface area contributed by atoms with Crippen molar-refractivity contribution in [3.63, 3.8) is 0 Å². The Morgan fingerprint density at radius 1 is 1.11 bits per heavy atom. The standard InChI is InChI=1S/C19H19N5O3/c1-22-17(20-13-7-4-3-6-12(13)18(22)26)15-8-5-11-24(15)19(27)14-9-10-16(25)23(2)21-14/h3-4,6-7,9-10,15H,5,8,11H2,1-2H3. The molecule has 0 radical (unpaired) electrons. The minimum atomic E-state index is -0.307. The Kier molecular flexibility index (Phi) is 4.10. The fraction of sp³-hybridized carbons (Fsp3) is 0.316. The highest BCUT2D eigenvalue weighted by molar-refractivity contribution is 5.92. The molecule has 1 fully saturated rings. The van der Waals surface area contributed by atoms with Gasteiger partial charge in [-0.05, 0) is 31.0 Å². The van der Waals surface area contributed by atoms with Gasteiger partial charge < -0.3 is 4.90 Å². The van der Waals surface area contributed by atoms with Gasteiger partial charge in [-0.1, -0.05) is 12.1 Å². The molecule has 27 heavy (non-hydrogen) atoms. The molecule has 1 unspecified atom stereocenters. The van der Waals surface area contributed by atoms with Crippen LogP contribution >= 0.6 is 0 Å². The van der Waals surface area contributed by atoms with Crippen molar-refractivity contribution in [1.29, 1.82) is 0 Å². The molecule has 4 rings (SSSR count). The number of likely N-dealkylation sites (tertiary alicyclic amines) is 1. The van der Waals surface area contributed by atoms with Gasteiger partial charge in [0, 0.05) is 26.7 Å². The third kappa shape index (κ3) is 2.83. The third-order valence-corrected chi connectivity index (χ3v) is 5.01. The van der Waals surface area contributed by atoms with Gasteiger partial charge in [-0.15, -0.1) is 0 Å². The maximum atomic E-state index is 13.0. The van der Waals surface area contributed by atoms with Gasteiger partial charge in [0.25, 0.3) is 17.0 Å². The van der Waals surface area contributed by atoms with Crippen LogP contribution in [0.2, 0.25) is 0 Å². The van der Waals surface area contributed by atoms with E-state index in [-0.39, 0.29) is 28.8 Å².